The van der Waals surface area contributed by atoms with E-state index in [9.17, 15) is 13.2 Å². The number of carboxylic acid groups (broad SMARTS) is 1. The Bertz CT molecular complexity index is 568. The van der Waals surface area contributed by atoms with E-state index in [0.717, 1.165) is 0 Å². The average molecular weight is 301 g/mol. The third-order valence-corrected chi connectivity index (χ3v) is 4.27. The smallest absolute Gasteiger partial charge is 0.335 e. The second-order valence-corrected chi connectivity index (χ2v) is 5.81. The van der Waals surface area contributed by atoms with E-state index in [0.29, 0.717) is 18.6 Å². The number of benzene rings is 1. The summed E-state index contributed by atoms with van der Waals surface area (Å²) in [5, 5.41) is 8.95. The predicted molar refractivity (Wildman–Crippen MR) is 74.5 cm³/mol. The maximum Gasteiger partial charge on any atom is 0.335 e. The van der Waals surface area contributed by atoms with Crippen molar-refractivity contribution in [2.24, 2.45) is 0 Å². The summed E-state index contributed by atoms with van der Waals surface area (Å²) < 4.78 is 31.8. The van der Waals surface area contributed by atoms with Crippen molar-refractivity contribution in [2.45, 2.75) is 25.2 Å². The number of hydrogen-bond acceptors (Lipinski definition) is 4. The number of rotatable bonds is 8. The van der Waals surface area contributed by atoms with Crippen LogP contribution in [0.4, 0.5) is 0 Å². The minimum Gasteiger partial charge on any atom is -0.478 e. The standard InChI is InChI=1S/C13H19NO5S/c1-3-10-5-6-11(13(15)16)9-12(10)20(17,18)14-7-8-19-4-2/h5-6,9,14H,3-4,7-8H2,1-2H3,(H,15,16). The summed E-state index contributed by atoms with van der Waals surface area (Å²) in [5.74, 6) is -1.15. The van der Waals surface area contributed by atoms with Crippen molar-refractivity contribution in [3.05, 3.63) is 29.3 Å². The molecular formula is C13H19NO5S. The van der Waals surface area contributed by atoms with Gasteiger partial charge in [-0.3, -0.25) is 0 Å². The molecule has 2 N–H and O–H groups in total. The fraction of sp³-hybridized carbons (Fsp3) is 0.462. The molecule has 0 aliphatic heterocycles. The summed E-state index contributed by atoms with van der Waals surface area (Å²) in [6, 6.07) is 4.12. The third kappa shape index (κ3) is 4.29. The lowest BCUT2D eigenvalue weighted by Crippen LogP contribution is -2.28. The van der Waals surface area contributed by atoms with Crippen LogP contribution in [0.2, 0.25) is 0 Å². The van der Waals surface area contributed by atoms with Crippen molar-refractivity contribution in [3.8, 4) is 0 Å². The molecule has 0 heterocycles. The highest BCUT2D eigenvalue weighted by Gasteiger charge is 2.19. The van der Waals surface area contributed by atoms with Crippen LogP contribution in [0.1, 0.15) is 29.8 Å². The van der Waals surface area contributed by atoms with Gasteiger partial charge in [-0.15, -0.1) is 0 Å². The van der Waals surface area contributed by atoms with E-state index in [-0.39, 0.29) is 23.6 Å². The Morgan fingerprint density at radius 2 is 2.05 bits per heavy atom. The Labute approximate surface area is 118 Å². The highest BCUT2D eigenvalue weighted by molar-refractivity contribution is 7.89. The maximum atomic E-state index is 12.2. The van der Waals surface area contributed by atoms with Crippen LogP contribution < -0.4 is 4.72 Å². The molecule has 0 saturated heterocycles. The van der Waals surface area contributed by atoms with Crippen molar-refractivity contribution < 1.29 is 23.1 Å². The lowest BCUT2D eigenvalue weighted by Gasteiger charge is -2.11. The second-order valence-electron chi connectivity index (χ2n) is 4.08. The molecule has 20 heavy (non-hydrogen) atoms. The molecule has 0 aliphatic rings. The van der Waals surface area contributed by atoms with Crippen LogP contribution in [0.5, 0.6) is 0 Å². The van der Waals surface area contributed by atoms with E-state index in [4.69, 9.17) is 9.84 Å². The number of nitrogens with one attached hydrogen (secondary N) is 1. The molecular weight excluding hydrogens is 282 g/mol. The van der Waals surface area contributed by atoms with Gasteiger partial charge >= 0.3 is 5.97 Å². The highest BCUT2D eigenvalue weighted by atomic mass is 32.2. The van der Waals surface area contributed by atoms with E-state index in [1.54, 1.807) is 0 Å². The van der Waals surface area contributed by atoms with Crippen LogP contribution in [0.15, 0.2) is 23.1 Å². The highest BCUT2D eigenvalue weighted by Crippen LogP contribution is 2.18. The zero-order valence-electron chi connectivity index (χ0n) is 11.5. The largest absolute Gasteiger partial charge is 0.478 e. The van der Waals surface area contributed by atoms with Gasteiger partial charge in [-0.2, -0.15) is 0 Å². The quantitative estimate of drug-likeness (QED) is 0.705. The topological polar surface area (TPSA) is 92.7 Å². The molecule has 1 aromatic rings. The molecule has 0 spiro atoms. The molecule has 0 atom stereocenters. The lowest BCUT2D eigenvalue weighted by molar-refractivity contribution is 0.0696. The Balaban J connectivity index is 3.02. The number of carboxylic acids is 1. The van der Waals surface area contributed by atoms with E-state index in [1.807, 2.05) is 13.8 Å². The third-order valence-electron chi connectivity index (χ3n) is 2.73. The SMILES string of the molecule is CCOCCNS(=O)(=O)c1cc(C(=O)O)ccc1CC. The molecule has 1 aromatic carbocycles. The normalized spacial score (nSPS) is 11.5. The number of sulfonamides is 1. The lowest BCUT2D eigenvalue weighted by atomic mass is 10.1. The van der Waals surface area contributed by atoms with E-state index >= 15 is 0 Å². The van der Waals surface area contributed by atoms with Crippen molar-refractivity contribution >= 4 is 16.0 Å². The minimum absolute atomic E-state index is 0.0106. The number of aromatic carboxylic acids is 1. The maximum absolute atomic E-state index is 12.2. The zero-order valence-corrected chi connectivity index (χ0v) is 12.4. The van der Waals surface area contributed by atoms with Gasteiger partial charge in [0.05, 0.1) is 17.1 Å². The van der Waals surface area contributed by atoms with Crippen LogP contribution in [0.3, 0.4) is 0 Å². The van der Waals surface area contributed by atoms with Crippen LogP contribution in [-0.4, -0.2) is 39.3 Å². The molecule has 0 saturated carbocycles. The van der Waals surface area contributed by atoms with E-state index < -0.39 is 16.0 Å². The van der Waals surface area contributed by atoms with Gasteiger partial charge in [-0.1, -0.05) is 13.0 Å². The van der Waals surface area contributed by atoms with Crippen molar-refractivity contribution in [1.82, 2.24) is 4.72 Å². The molecule has 0 radical (unpaired) electrons. The van der Waals surface area contributed by atoms with Gasteiger partial charge in [0.25, 0.3) is 0 Å². The first-order chi connectivity index (χ1) is 9.42. The first kappa shape index (κ1) is 16.6. The van der Waals surface area contributed by atoms with Gasteiger partial charge in [0, 0.05) is 13.2 Å². The monoisotopic (exact) mass is 301 g/mol. The number of hydrogen-bond donors (Lipinski definition) is 2. The molecule has 6 nitrogen and oxygen atoms in total. The molecule has 0 aliphatic carbocycles. The Kier molecular flexibility index (Phi) is 6.12. The molecule has 0 bridgehead atoms. The van der Waals surface area contributed by atoms with E-state index in [1.165, 1.54) is 18.2 Å². The van der Waals surface area contributed by atoms with Crippen molar-refractivity contribution in [2.75, 3.05) is 19.8 Å². The van der Waals surface area contributed by atoms with Crippen molar-refractivity contribution in [1.29, 1.82) is 0 Å². The fourth-order valence-corrected chi connectivity index (χ4v) is 3.05. The van der Waals surface area contributed by atoms with Crippen LogP contribution >= 0.6 is 0 Å². The van der Waals surface area contributed by atoms with Crippen molar-refractivity contribution in [3.63, 3.8) is 0 Å². The number of carbonyl (C=O) groups is 1. The van der Waals surface area contributed by atoms with Gasteiger partial charge < -0.3 is 9.84 Å². The van der Waals surface area contributed by atoms with Gasteiger partial charge in [0.15, 0.2) is 0 Å². The summed E-state index contributed by atoms with van der Waals surface area (Å²) in [6.45, 7) is 4.57. The molecule has 7 heteroatoms. The summed E-state index contributed by atoms with van der Waals surface area (Å²) in [6.07, 6.45) is 0.502. The molecule has 1 rings (SSSR count). The Hall–Kier alpha value is -1.44. The second kappa shape index (κ2) is 7.37. The first-order valence-electron chi connectivity index (χ1n) is 6.36. The van der Waals surface area contributed by atoms with Crippen LogP contribution in [0, 0.1) is 0 Å². The van der Waals surface area contributed by atoms with Gasteiger partial charge in [-0.25, -0.2) is 17.9 Å². The summed E-state index contributed by atoms with van der Waals surface area (Å²) in [4.78, 5) is 11.0. The van der Waals surface area contributed by atoms with Gasteiger partial charge in [-0.05, 0) is 31.0 Å². The number of aryl methyl sites for hydroxylation is 1. The average Bonchev–Trinajstić information content (AvgIpc) is 2.42. The minimum atomic E-state index is -3.73. The first-order valence-corrected chi connectivity index (χ1v) is 7.84. The van der Waals surface area contributed by atoms with Gasteiger partial charge in [0.1, 0.15) is 0 Å². The molecule has 0 fully saturated rings. The summed E-state index contributed by atoms with van der Waals surface area (Å²) in [7, 11) is -3.73. The Morgan fingerprint density at radius 1 is 1.35 bits per heavy atom. The van der Waals surface area contributed by atoms with Crippen LogP contribution in [-0.2, 0) is 21.2 Å². The Morgan fingerprint density at radius 3 is 2.60 bits per heavy atom. The fourth-order valence-electron chi connectivity index (χ4n) is 1.70. The molecule has 0 aromatic heterocycles. The van der Waals surface area contributed by atoms with Crippen LogP contribution in [0.25, 0.3) is 0 Å². The molecule has 0 amide bonds. The predicted octanol–water partition coefficient (Wildman–Crippen LogP) is 1.26. The number of ether oxygens (including phenoxy) is 1. The molecule has 112 valence electrons. The summed E-state index contributed by atoms with van der Waals surface area (Å²) >= 11 is 0. The zero-order chi connectivity index (χ0) is 15.2. The summed E-state index contributed by atoms with van der Waals surface area (Å²) in [5.41, 5.74) is 0.534. The molecule has 0 unspecified atom stereocenters. The van der Waals surface area contributed by atoms with Gasteiger partial charge in [0.2, 0.25) is 10.0 Å². The van der Waals surface area contributed by atoms with E-state index in [2.05, 4.69) is 4.72 Å².